The van der Waals surface area contributed by atoms with Crippen molar-refractivity contribution < 1.29 is 4.79 Å². The van der Waals surface area contributed by atoms with Gasteiger partial charge in [-0.2, -0.15) is 0 Å². The summed E-state index contributed by atoms with van der Waals surface area (Å²) < 4.78 is 0.788. The lowest BCUT2D eigenvalue weighted by atomic mass is 10.0. The molecule has 1 amide bonds. The van der Waals surface area contributed by atoms with Gasteiger partial charge in [0, 0.05) is 12.7 Å². The van der Waals surface area contributed by atoms with Crippen molar-refractivity contribution >= 4 is 39.8 Å². The Hall–Kier alpha value is -1.60. The highest BCUT2D eigenvalue weighted by Crippen LogP contribution is 2.32. The lowest BCUT2D eigenvalue weighted by Crippen LogP contribution is -2.27. The van der Waals surface area contributed by atoms with Gasteiger partial charge in [0.25, 0.3) is 0 Å². The predicted octanol–water partition coefficient (Wildman–Crippen LogP) is 3.63. The van der Waals surface area contributed by atoms with Gasteiger partial charge in [0.2, 0.25) is 11.0 Å². The van der Waals surface area contributed by atoms with Crippen LogP contribution < -0.4 is 10.6 Å². The number of carbonyl (C=O) groups excluding carboxylic acids is 1. The van der Waals surface area contributed by atoms with E-state index >= 15 is 0 Å². The summed E-state index contributed by atoms with van der Waals surface area (Å²) in [7, 11) is 1.64. The van der Waals surface area contributed by atoms with Gasteiger partial charge in [-0.05, 0) is 30.9 Å². The third-order valence-electron chi connectivity index (χ3n) is 3.53. The Balaban J connectivity index is 2.15. The Bertz CT molecular complexity index is 650. The van der Waals surface area contributed by atoms with E-state index in [1.54, 1.807) is 7.05 Å². The van der Waals surface area contributed by atoms with Gasteiger partial charge in [-0.25, -0.2) is 0 Å². The summed E-state index contributed by atoms with van der Waals surface area (Å²) in [4.78, 5) is 11.6. The number of rotatable bonds is 7. The first-order chi connectivity index (χ1) is 11.1. The molecule has 0 aliphatic rings. The second-order valence-corrected chi connectivity index (χ2v) is 7.60. The van der Waals surface area contributed by atoms with E-state index in [0.717, 1.165) is 28.0 Å². The van der Waals surface area contributed by atoms with E-state index in [1.165, 1.54) is 34.2 Å². The van der Waals surface area contributed by atoms with Gasteiger partial charge in [0.05, 0.1) is 5.25 Å². The van der Waals surface area contributed by atoms with Crippen molar-refractivity contribution in [2.24, 2.45) is 0 Å². The van der Waals surface area contributed by atoms with Crippen molar-refractivity contribution in [1.29, 1.82) is 0 Å². The van der Waals surface area contributed by atoms with Crippen molar-refractivity contribution in [1.82, 2.24) is 15.5 Å². The van der Waals surface area contributed by atoms with Crippen LogP contribution in [-0.4, -0.2) is 28.4 Å². The van der Waals surface area contributed by atoms with Crippen LogP contribution in [0.1, 0.15) is 31.9 Å². The van der Waals surface area contributed by atoms with Crippen LogP contribution in [0.2, 0.25) is 0 Å². The van der Waals surface area contributed by atoms with Crippen LogP contribution in [0.3, 0.4) is 0 Å². The molecule has 0 bridgehead atoms. The average Bonchev–Trinajstić information content (AvgIpc) is 3.01. The molecule has 0 aliphatic carbocycles. The zero-order valence-corrected chi connectivity index (χ0v) is 15.5. The molecule has 0 fully saturated rings. The van der Waals surface area contributed by atoms with Crippen molar-refractivity contribution in [3.8, 4) is 0 Å². The number of nitrogens with one attached hydrogen (secondary N) is 2. The molecule has 23 heavy (non-hydrogen) atoms. The third kappa shape index (κ3) is 4.45. The number of aryl methyl sites for hydroxylation is 2. The zero-order valence-electron chi connectivity index (χ0n) is 13.8. The average molecular weight is 351 g/mol. The van der Waals surface area contributed by atoms with Gasteiger partial charge < -0.3 is 10.6 Å². The maximum atomic E-state index is 11.6. The van der Waals surface area contributed by atoms with Gasteiger partial charge in [-0.15, -0.1) is 10.2 Å². The SMILES string of the molecule is CCc1cccc(CC)c1Nc1nnc(SC(C)C(=O)NC)s1. The van der Waals surface area contributed by atoms with E-state index in [1.807, 2.05) is 6.92 Å². The molecule has 7 heteroatoms. The fraction of sp³-hybridized carbons (Fsp3) is 0.438. The first kappa shape index (κ1) is 17.7. The number of anilines is 2. The molecule has 2 N–H and O–H groups in total. The van der Waals surface area contributed by atoms with Crippen molar-refractivity contribution in [3.05, 3.63) is 29.3 Å². The van der Waals surface area contributed by atoms with E-state index in [0.29, 0.717) is 0 Å². The standard InChI is InChI=1S/C16H22N4OS2/c1-5-11-8-7-9-12(6-2)13(11)18-15-19-20-16(23-15)22-10(3)14(21)17-4/h7-10H,5-6H2,1-4H3,(H,17,21)(H,18,19). The summed E-state index contributed by atoms with van der Waals surface area (Å²) >= 11 is 2.89. The van der Waals surface area contributed by atoms with Crippen LogP contribution in [0.15, 0.2) is 22.5 Å². The highest BCUT2D eigenvalue weighted by Gasteiger charge is 2.16. The van der Waals surface area contributed by atoms with Gasteiger partial charge in [-0.3, -0.25) is 4.79 Å². The van der Waals surface area contributed by atoms with Crippen LogP contribution in [0.25, 0.3) is 0 Å². The molecular formula is C16H22N4OS2. The summed E-state index contributed by atoms with van der Waals surface area (Å²) in [6, 6.07) is 6.35. The summed E-state index contributed by atoms with van der Waals surface area (Å²) in [5.41, 5.74) is 3.67. The number of carbonyl (C=O) groups is 1. The van der Waals surface area contributed by atoms with E-state index in [4.69, 9.17) is 0 Å². The summed E-state index contributed by atoms with van der Waals surface area (Å²) in [6.07, 6.45) is 1.93. The molecule has 1 atom stereocenters. The fourth-order valence-corrected chi connectivity index (χ4v) is 4.19. The highest BCUT2D eigenvalue weighted by atomic mass is 32.2. The quantitative estimate of drug-likeness (QED) is 0.746. The lowest BCUT2D eigenvalue weighted by molar-refractivity contribution is -0.119. The van der Waals surface area contributed by atoms with Crippen LogP contribution in [-0.2, 0) is 17.6 Å². The number of amides is 1. The van der Waals surface area contributed by atoms with Gasteiger partial charge >= 0.3 is 0 Å². The minimum absolute atomic E-state index is 0.00990. The summed E-state index contributed by atoms with van der Waals surface area (Å²) in [6.45, 7) is 6.15. The number of para-hydroxylation sites is 1. The predicted molar refractivity (Wildman–Crippen MR) is 97.8 cm³/mol. The molecule has 0 aliphatic heterocycles. The minimum atomic E-state index is -0.185. The lowest BCUT2D eigenvalue weighted by Gasteiger charge is -2.13. The fourth-order valence-electron chi connectivity index (χ4n) is 2.23. The first-order valence-electron chi connectivity index (χ1n) is 7.68. The van der Waals surface area contributed by atoms with E-state index in [9.17, 15) is 4.79 Å². The molecule has 2 rings (SSSR count). The number of nitrogens with zero attached hydrogens (tertiary/aromatic N) is 2. The molecule has 0 radical (unpaired) electrons. The molecule has 1 aromatic heterocycles. The van der Waals surface area contributed by atoms with Crippen molar-refractivity contribution in [2.75, 3.05) is 12.4 Å². The van der Waals surface area contributed by atoms with Crippen molar-refractivity contribution in [2.45, 2.75) is 43.2 Å². The highest BCUT2D eigenvalue weighted by molar-refractivity contribution is 8.02. The Kier molecular flexibility index (Phi) is 6.41. The number of hydrogen-bond donors (Lipinski definition) is 2. The molecule has 2 aromatic rings. The Morgan fingerprint density at radius 1 is 1.26 bits per heavy atom. The molecular weight excluding hydrogens is 328 g/mol. The van der Waals surface area contributed by atoms with Crippen LogP contribution >= 0.6 is 23.1 Å². The van der Waals surface area contributed by atoms with Gasteiger partial charge in [-0.1, -0.05) is 55.1 Å². The van der Waals surface area contributed by atoms with Crippen LogP contribution in [0.4, 0.5) is 10.8 Å². The molecule has 124 valence electrons. The smallest absolute Gasteiger partial charge is 0.233 e. The van der Waals surface area contributed by atoms with Gasteiger partial charge in [0.1, 0.15) is 0 Å². The summed E-state index contributed by atoms with van der Waals surface area (Å²) in [5, 5.41) is 15.0. The second kappa shape index (κ2) is 8.31. The minimum Gasteiger partial charge on any atom is -0.358 e. The zero-order chi connectivity index (χ0) is 16.8. The van der Waals surface area contributed by atoms with Gasteiger partial charge in [0.15, 0.2) is 4.34 Å². The third-order valence-corrected chi connectivity index (χ3v) is 5.55. The number of benzene rings is 1. The number of thioether (sulfide) groups is 1. The Labute approximate surface area is 145 Å². The monoisotopic (exact) mass is 350 g/mol. The largest absolute Gasteiger partial charge is 0.358 e. The second-order valence-electron chi connectivity index (χ2n) is 5.03. The molecule has 1 heterocycles. The molecule has 0 saturated carbocycles. The molecule has 0 spiro atoms. The van der Waals surface area contributed by atoms with E-state index < -0.39 is 0 Å². The summed E-state index contributed by atoms with van der Waals surface area (Å²) in [5.74, 6) is -0.00990. The maximum absolute atomic E-state index is 11.6. The normalized spacial score (nSPS) is 12.0. The van der Waals surface area contributed by atoms with E-state index in [-0.39, 0.29) is 11.2 Å². The molecule has 1 aromatic carbocycles. The van der Waals surface area contributed by atoms with E-state index in [2.05, 4.69) is 52.9 Å². The van der Waals surface area contributed by atoms with Crippen LogP contribution in [0, 0.1) is 0 Å². The first-order valence-corrected chi connectivity index (χ1v) is 9.38. The molecule has 1 unspecified atom stereocenters. The Morgan fingerprint density at radius 3 is 2.48 bits per heavy atom. The van der Waals surface area contributed by atoms with Crippen molar-refractivity contribution in [3.63, 3.8) is 0 Å². The Morgan fingerprint density at radius 2 is 1.91 bits per heavy atom. The maximum Gasteiger partial charge on any atom is 0.233 e. The van der Waals surface area contributed by atoms with Crippen LogP contribution in [0.5, 0.6) is 0 Å². The topological polar surface area (TPSA) is 66.9 Å². The number of hydrogen-bond acceptors (Lipinski definition) is 6. The number of aromatic nitrogens is 2. The molecule has 5 nitrogen and oxygen atoms in total. The molecule has 0 saturated heterocycles.